The van der Waals surface area contributed by atoms with E-state index in [4.69, 9.17) is 10.2 Å². The summed E-state index contributed by atoms with van der Waals surface area (Å²) in [6, 6.07) is 0. The van der Waals surface area contributed by atoms with Gasteiger partial charge in [-0.25, -0.2) is 0 Å². The van der Waals surface area contributed by atoms with Crippen LogP contribution in [0.1, 0.15) is 12.8 Å². The van der Waals surface area contributed by atoms with Crippen molar-refractivity contribution < 1.29 is 28.8 Å². The topological polar surface area (TPSA) is 109 Å². The predicted octanol–water partition coefficient (Wildman–Crippen LogP) is 4.59. The van der Waals surface area contributed by atoms with Gasteiger partial charge >= 0.3 is 0 Å². The molecule has 0 saturated carbocycles. The minimum Gasteiger partial charge on any atom is -0.396 e. The molecule has 16 heteroatoms. The number of aliphatic hydroxyl groups excluding tert-OH is 2. The van der Waals surface area contributed by atoms with Gasteiger partial charge in [-0.3, -0.25) is 18.6 Å². The third-order valence-electron chi connectivity index (χ3n) is 3.88. The summed E-state index contributed by atoms with van der Waals surface area (Å²) in [5, 5.41) is 19.3. The van der Waals surface area contributed by atoms with Crippen molar-refractivity contribution in [3.05, 3.63) is 0 Å². The van der Waals surface area contributed by atoms with Crippen LogP contribution in [0.4, 0.5) is 0 Å². The summed E-state index contributed by atoms with van der Waals surface area (Å²) in [6.45, 7) is 0.253. The third-order valence-corrected chi connectivity index (χ3v) is 16.2. The van der Waals surface area contributed by atoms with Gasteiger partial charge < -0.3 is 10.2 Å². The lowest BCUT2D eigenvalue weighted by Gasteiger charge is -2.04. The number of carbonyl (C=O) groups excluding carboxylic acids is 3. The number of rotatable bonds is 28. The molecule has 0 heterocycles. The first kappa shape index (κ1) is 40.2. The zero-order valence-electron chi connectivity index (χ0n) is 21.5. The van der Waals surface area contributed by atoms with Crippen LogP contribution in [0.25, 0.3) is 0 Å². The van der Waals surface area contributed by atoms with E-state index in [-0.39, 0.29) is 28.6 Å². The molecular weight excluding hydrogens is 681 g/mol. The van der Waals surface area contributed by atoms with E-state index in [2.05, 4.69) is 0 Å². The van der Waals surface area contributed by atoms with Crippen molar-refractivity contribution >= 4 is 132 Å². The fraction of sp³-hybridized carbons (Fsp3) is 0.864. The van der Waals surface area contributed by atoms with Gasteiger partial charge in [-0.1, -0.05) is 35.3 Å². The second-order valence-electron chi connectivity index (χ2n) is 7.08. The van der Waals surface area contributed by atoms with E-state index >= 15 is 0 Å². The summed E-state index contributed by atoms with van der Waals surface area (Å²) in [6.07, 6.45) is 1.31. The highest BCUT2D eigenvalue weighted by Gasteiger charge is 2.06. The Bertz CT molecular complexity index is 629. The molecule has 38 heavy (non-hydrogen) atoms. The summed E-state index contributed by atoms with van der Waals surface area (Å²) in [5.74, 6) is 9.90. The molecule has 0 amide bonds. The highest BCUT2D eigenvalue weighted by Crippen LogP contribution is 2.19. The minimum atomic E-state index is -0.810. The van der Waals surface area contributed by atoms with E-state index in [1.165, 1.54) is 35.3 Å². The van der Waals surface area contributed by atoms with Crippen molar-refractivity contribution in [1.82, 2.24) is 0 Å². The first-order valence-electron chi connectivity index (χ1n) is 12.0. The predicted molar refractivity (Wildman–Crippen MR) is 188 cm³/mol. The first-order valence-corrected chi connectivity index (χ1v) is 23.4. The molecule has 0 aliphatic heterocycles. The number of hydrogen-bond acceptors (Lipinski definition) is 15. The van der Waals surface area contributed by atoms with Crippen LogP contribution in [-0.4, -0.2) is 128 Å². The second-order valence-corrected chi connectivity index (χ2v) is 19.5. The molecule has 0 aromatic carbocycles. The smallest absolute Gasteiger partial charge is 0.199 e. The number of thioether (sulfide) groups is 9. The molecule has 0 spiro atoms. The summed E-state index contributed by atoms with van der Waals surface area (Å²) in [4.78, 5) is 35.1. The summed E-state index contributed by atoms with van der Waals surface area (Å²) in [7, 11) is -0.810. The maximum Gasteiger partial charge on any atom is 0.199 e. The van der Waals surface area contributed by atoms with Gasteiger partial charge in [-0.15, -0.1) is 23.5 Å². The molecule has 0 aliphatic carbocycles. The summed E-state index contributed by atoms with van der Waals surface area (Å²) >= 11 is 14.0. The van der Waals surface area contributed by atoms with E-state index in [9.17, 15) is 18.6 Å². The molecule has 0 rings (SSSR count). The molecule has 0 radical (unpaired) electrons. The lowest BCUT2D eigenvalue weighted by molar-refractivity contribution is -0.109. The Hall–Kier alpha value is 2.23. The van der Waals surface area contributed by atoms with Crippen molar-refractivity contribution in [3.63, 3.8) is 0 Å². The van der Waals surface area contributed by atoms with Crippen molar-refractivity contribution in [2.45, 2.75) is 12.8 Å². The van der Waals surface area contributed by atoms with Gasteiger partial charge in [-0.2, -0.15) is 47.0 Å². The highest BCUT2D eigenvalue weighted by atomic mass is 32.2. The molecular formula is C22H40O6S10. The van der Waals surface area contributed by atoms with Gasteiger partial charge in [0.15, 0.2) is 15.3 Å². The molecule has 0 bridgehead atoms. The van der Waals surface area contributed by atoms with Crippen LogP contribution in [0.2, 0.25) is 0 Å². The lowest BCUT2D eigenvalue weighted by Crippen LogP contribution is -2.05. The van der Waals surface area contributed by atoms with Gasteiger partial charge in [0.05, 0.1) is 22.3 Å². The van der Waals surface area contributed by atoms with Crippen LogP contribution < -0.4 is 0 Å². The highest BCUT2D eigenvalue weighted by molar-refractivity contribution is 8.25. The Morgan fingerprint density at radius 2 is 0.974 bits per heavy atom. The van der Waals surface area contributed by atoms with Crippen LogP contribution in [-0.2, 0) is 25.2 Å². The quantitative estimate of drug-likeness (QED) is 0.0868. The molecule has 6 nitrogen and oxygen atoms in total. The van der Waals surface area contributed by atoms with Crippen LogP contribution in [0.15, 0.2) is 0 Å². The molecule has 224 valence electrons. The molecule has 0 fully saturated rings. The Morgan fingerprint density at radius 1 is 0.526 bits per heavy atom. The first-order chi connectivity index (χ1) is 18.5. The summed E-state index contributed by atoms with van der Waals surface area (Å²) < 4.78 is 12.1. The normalized spacial score (nSPS) is 12.1. The maximum atomic E-state index is 12.1. The van der Waals surface area contributed by atoms with Gasteiger partial charge in [0.1, 0.15) is 0 Å². The average molecular weight is 721 g/mol. The maximum absolute atomic E-state index is 12.1. The molecule has 0 saturated heterocycles. The second kappa shape index (κ2) is 32.2. The van der Waals surface area contributed by atoms with Crippen LogP contribution in [0.3, 0.4) is 0 Å². The zero-order valence-corrected chi connectivity index (χ0v) is 29.7. The van der Waals surface area contributed by atoms with Crippen molar-refractivity contribution in [3.8, 4) is 0 Å². The minimum absolute atomic E-state index is 0.122. The van der Waals surface area contributed by atoms with Crippen LogP contribution >= 0.6 is 106 Å². The Balaban J connectivity index is 3.38. The largest absolute Gasteiger partial charge is 0.396 e. The van der Waals surface area contributed by atoms with E-state index in [0.717, 1.165) is 45.4 Å². The standard InChI is InChI=1S/C22H40O6S10/c23-3-1-5-35-20(25)15-30-8-7-29-13-14-38(28)19-34-12-11-33-18-37-22(27)17-32-10-9-31-16-21(26)36-6-2-4-24/h23-24H,1-19H2. The Morgan fingerprint density at radius 3 is 1.50 bits per heavy atom. The molecule has 0 aliphatic rings. The van der Waals surface area contributed by atoms with E-state index in [1.807, 2.05) is 0 Å². The van der Waals surface area contributed by atoms with Gasteiger partial charge in [0.2, 0.25) is 0 Å². The van der Waals surface area contributed by atoms with Crippen molar-refractivity contribution in [1.29, 1.82) is 0 Å². The SMILES string of the molecule is O=C(CSCCSCCS(=O)CSCCSCSC(=O)CSCCSCC(=O)SCCCO)SCCCO. The molecule has 1 atom stereocenters. The average Bonchev–Trinajstić information content (AvgIpc) is 2.89. The van der Waals surface area contributed by atoms with Crippen molar-refractivity contribution in [2.24, 2.45) is 0 Å². The number of hydrogen-bond donors (Lipinski definition) is 2. The molecule has 0 aromatic heterocycles. The Labute approximate surface area is 269 Å². The fourth-order valence-electron chi connectivity index (χ4n) is 2.08. The van der Waals surface area contributed by atoms with E-state index in [1.54, 1.807) is 70.6 Å². The monoisotopic (exact) mass is 720 g/mol. The van der Waals surface area contributed by atoms with E-state index in [0.29, 0.717) is 52.4 Å². The Kier molecular flexibility index (Phi) is 34.0. The van der Waals surface area contributed by atoms with Gasteiger partial charge in [-0.05, 0) is 12.8 Å². The number of carbonyl (C=O) groups is 3. The third kappa shape index (κ3) is 31.2. The van der Waals surface area contributed by atoms with Crippen LogP contribution in [0.5, 0.6) is 0 Å². The molecule has 2 N–H and O–H groups in total. The lowest BCUT2D eigenvalue weighted by atomic mass is 10.5. The zero-order chi connectivity index (χ0) is 28.1. The fourth-order valence-corrected chi connectivity index (χ4v) is 13.0. The van der Waals surface area contributed by atoms with Gasteiger partial charge in [0.25, 0.3) is 0 Å². The number of aliphatic hydroxyl groups is 2. The van der Waals surface area contributed by atoms with Crippen molar-refractivity contribution in [2.75, 3.05) is 98.2 Å². The van der Waals surface area contributed by atoms with E-state index < -0.39 is 10.8 Å². The van der Waals surface area contributed by atoms with Gasteiger partial charge in [0, 0.05) is 86.6 Å². The van der Waals surface area contributed by atoms with Crippen LogP contribution in [0, 0.1) is 0 Å². The molecule has 1 unspecified atom stereocenters. The molecule has 0 aromatic rings. The summed E-state index contributed by atoms with van der Waals surface area (Å²) in [5.41, 5.74) is 0.